The zero-order chi connectivity index (χ0) is 39.2. The number of carbonyl (C=O) groups excluding carboxylic acids is 3. The van der Waals surface area contributed by atoms with Crippen LogP contribution < -0.4 is 0 Å². The smallest absolute Gasteiger partial charge is 0.462 e. The Labute approximate surface area is 304 Å². The van der Waals surface area contributed by atoms with Crippen LogP contribution in [0.5, 0.6) is 0 Å². The van der Waals surface area contributed by atoms with Crippen molar-refractivity contribution in [3.8, 4) is 0 Å². The summed E-state index contributed by atoms with van der Waals surface area (Å²) in [6, 6.07) is 2.06. The molecule has 0 aliphatic heterocycles. The van der Waals surface area contributed by atoms with Crippen LogP contribution in [0.3, 0.4) is 0 Å². The number of hydrogen-bond acceptors (Lipinski definition) is 14. The molecule has 0 saturated heterocycles. The van der Waals surface area contributed by atoms with Crippen molar-refractivity contribution in [2.45, 2.75) is 85.5 Å². The van der Waals surface area contributed by atoms with Crippen molar-refractivity contribution in [3.63, 3.8) is 0 Å². The fourth-order valence-corrected chi connectivity index (χ4v) is 9.31. The molecule has 50 heavy (non-hydrogen) atoms. The summed E-state index contributed by atoms with van der Waals surface area (Å²) in [6.07, 6.45) is 2.05. The molecule has 294 valence electrons. The van der Waals surface area contributed by atoms with Crippen molar-refractivity contribution in [3.05, 3.63) is 36.5 Å². The Balaban J connectivity index is -0.000000668. The molecule has 0 aromatic heterocycles. The van der Waals surface area contributed by atoms with Crippen LogP contribution >= 0.6 is 0 Å². The molecule has 0 bridgehead atoms. The molecule has 14 nitrogen and oxygen atoms in total. The van der Waals surface area contributed by atoms with E-state index in [1.165, 1.54) is 0 Å². The second-order valence-corrected chi connectivity index (χ2v) is 20.3. The Bertz CT molecular complexity index is 959. The molecule has 0 aromatic rings. The average Bonchev–Trinajstić information content (AvgIpc) is 3.09. The standard InChI is InChI=1S/C13H26O5Si.C10H20O5Si.C10H20O4Si/c1-6-16-19(17-7-2,18-8-3)11-9-10-15-13(14)12(4)5;1-9(2)10(11)15-7-6-8-16(12-3,13-4)14-5;1-9(2)10(11)14-7-6-8-15(5,12-3)13-4/h4,6-11H2,1-3,5H3;1,6-8H2,2-5H3;1,6-8H2,2-5H3. The molecule has 0 radical (unpaired) electrons. The molecule has 17 heteroatoms. The fourth-order valence-electron chi connectivity index (χ4n) is 3.68. The summed E-state index contributed by atoms with van der Waals surface area (Å²) < 4.78 is 58.3. The van der Waals surface area contributed by atoms with Crippen molar-refractivity contribution >= 4 is 44.1 Å². The lowest BCUT2D eigenvalue weighted by Gasteiger charge is -2.28. The summed E-state index contributed by atoms with van der Waals surface area (Å²) in [4.78, 5) is 33.3. The Morgan fingerprint density at radius 2 is 0.760 bits per heavy atom. The summed E-state index contributed by atoms with van der Waals surface area (Å²) >= 11 is 0. The third-order valence-electron chi connectivity index (χ3n) is 6.66. The Morgan fingerprint density at radius 3 is 1.00 bits per heavy atom. The first-order chi connectivity index (χ1) is 23.5. The van der Waals surface area contributed by atoms with Crippen LogP contribution in [0.25, 0.3) is 0 Å². The number of ether oxygens (including phenoxy) is 3. The van der Waals surface area contributed by atoms with E-state index in [2.05, 4.69) is 19.7 Å². The van der Waals surface area contributed by atoms with E-state index in [1.54, 1.807) is 56.3 Å². The fraction of sp³-hybridized carbons (Fsp3) is 0.727. The predicted octanol–water partition coefficient (Wildman–Crippen LogP) is 5.78. The minimum absolute atomic E-state index is 0.316. The molecule has 0 spiro atoms. The summed E-state index contributed by atoms with van der Waals surface area (Å²) in [7, 11) is 0.812. The van der Waals surface area contributed by atoms with E-state index in [1.807, 2.05) is 27.3 Å². The van der Waals surface area contributed by atoms with Gasteiger partial charge in [0.25, 0.3) is 0 Å². The Kier molecular flexibility index (Phi) is 32.0. The molecule has 0 N–H and O–H groups in total. The monoisotopic (exact) mass is 770 g/mol. The molecule has 0 unspecified atom stereocenters. The largest absolute Gasteiger partial charge is 0.501 e. The molecule has 0 aromatic carbocycles. The van der Waals surface area contributed by atoms with Crippen LogP contribution in [0, 0.1) is 0 Å². The highest BCUT2D eigenvalue weighted by atomic mass is 28.4. The van der Waals surface area contributed by atoms with Crippen molar-refractivity contribution in [2.75, 3.05) is 75.2 Å². The zero-order valence-corrected chi connectivity index (χ0v) is 35.8. The van der Waals surface area contributed by atoms with Crippen LogP contribution in [0.4, 0.5) is 0 Å². The van der Waals surface area contributed by atoms with Crippen LogP contribution in [-0.2, 0) is 64.0 Å². The highest BCUT2D eigenvalue weighted by Gasteiger charge is 2.40. The predicted molar refractivity (Wildman–Crippen MR) is 199 cm³/mol. The molecular weight excluding hydrogens is 705 g/mol. The van der Waals surface area contributed by atoms with Crippen LogP contribution in [0.15, 0.2) is 36.5 Å². The van der Waals surface area contributed by atoms with Gasteiger partial charge in [0.05, 0.1) is 19.8 Å². The summed E-state index contributed by atoms with van der Waals surface area (Å²) in [6.45, 7) is 25.8. The van der Waals surface area contributed by atoms with Gasteiger partial charge in [0.15, 0.2) is 0 Å². The molecular formula is C33H66O14Si3. The number of esters is 3. The van der Waals surface area contributed by atoms with Crippen molar-refractivity contribution in [2.24, 2.45) is 0 Å². The third kappa shape index (κ3) is 25.0. The van der Waals surface area contributed by atoms with Gasteiger partial charge in [0.1, 0.15) is 0 Å². The highest BCUT2D eigenvalue weighted by molar-refractivity contribution is 6.65. The minimum atomic E-state index is -2.61. The van der Waals surface area contributed by atoms with E-state index < -0.39 is 26.2 Å². The van der Waals surface area contributed by atoms with Gasteiger partial charge >= 0.3 is 44.1 Å². The van der Waals surface area contributed by atoms with Gasteiger partial charge in [-0.3, -0.25) is 0 Å². The second kappa shape index (κ2) is 30.6. The molecule has 0 atom stereocenters. The quantitative estimate of drug-likeness (QED) is 0.0344. The summed E-state index contributed by atoms with van der Waals surface area (Å²) in [5.41, 5.74) is 1.23. The van der Waals surface area contributed by atoms with Gasteiger partial charge in [-0.1, -0.05) is 19.7 Å². The first kappa shape index (κ1) is 52.3. The normalized spacial score (nSPS) is 11.3. The second-order valence-electron chi connectivity index (χ2n) is 10.9. The maximum Gasteiger partial charge on any atom is 0.501 e. The molecule has 0 saturated carbocycles. The van der Waals surface area contributed by atoms with Gasteiger partial charge in [-0.25, -0.2) is 14.4 Å². The molecule has 0 heterocycles. The molecule has 0 aliphatic carbocycles. The maximum atomic E-state index is 11.2. The first-order valence-electron chi connectivity index (χ1n) is 16.6. The minimum Gasteiger partial charge on any atom is -0.462 e. The maximum absolute atomic E-state index is 11.2. The van der Waals surface area contributed by atoms with Crippen LogP contribution in [0.1, 0.15) is 60.8 Å². The van der Waals surface area contributed by atoms with Crippen molar-refractivity contribution < 1.29 is 64.0 Å². The lowest BCUT2D eigenvalue weighted by molar-refractivity contribution is -0.139. The number of carbonyl (C=O) groups is 3. The molecule has 0 amide bonds. The van der Waals surface area contributed by atoms with E-state index in [4.69, 9.17) is 49.6 Å². The van der Waals surface area contributed by atoms with Crippen LogP contribution in [-0.4, -0.2) is 119 Å². The van der Waals surface area contributed by atoms with E-state index in [-0.39, 0.29) is 17.9 Å². The zero-order valence-electron chi connectivity index (χ0n) is 32.8. The Hall–Kier alpha value is -2.04. The van der Waals surface area contributed by atoms with Gasteiger partial charge in [-0.05, 0) is 73.4 Å². The van der Waals surface area contributed by atoms with Gasteiger partial charge in [0.2, 0.25) is 0 Å². The summed E-state index contributed by atoms with van der Waals surface area (Å²) in [5, 5.41) is 0. The SMILES string of the molecule is C=C(C)C(=O)OCCC[Si](C)(OC)OC.C=C(C)C(=O)OCCC[Si](OC)(OC)OC.C=C(C)C(=O)OCCC[Si](OCC)(OCC)OCC. The van der Waals surface area contributed by atoms with E-state index in [0.29, 0.717) is 81.3 Å². The van der Waals surface area contributed by atoms with Crippen LogP contribution in [0.2, 0.25) is 24.7 Å². The van der Waals surface area contributed by atoms with Gasteiger partial charge in [-0.2, -0.15) is 0 Å². The highest BCUT2D eigenvalue weighted by Crippen LogP contribution is 2.19. The molecule has 0 fully saturated rings. The summed E-state index contributed by atoms with van der Waals surface area (Å²) in [5.74, 6) is -1.08. The lowest BCUT2D eigenvalue weighted by Crippen LogP contribution is -2.46. The number of hydrogen-bond donors (Lipinski definition) is 0. The number of rotatable bonds is 26. The van der Waals surface area contributed by atoms with E-state index in [0.717, 1.165) is 12.5 Å². The first-order valence-corrected chi connectivity index (χ1v) is 23.0. The van der Waals surface area contributed by atoms with E-state index >= 15 is 0 Å². The molecule has 0 rings (SSSR count). The van der Waals surface area contributed by atoms with E-state index in [9.17, 15) is 14.4 Å². The van der Waals surface area contributed by atoms with Crippen molar-refractivity contribution in [1.82, 2.24) is 0 Å². The lowest BCUT2D eigenvalue weighted by atomic mass is 10.4. The average molecular weight is 771 g/mol. The Morgan fingerprint density at radius 1 is 0.480 bits per heavy atom. The van der Waals surface area contributed by atoms with Gasteiger partial charge in [-0.15, -0.1) is 0 Å². The molecule has 0 aliphatic rings. The topological polar surface area (TPSA) is 153 Å². The van der Waals surface area contributed by atoms with Gasteiger partial charge in [0, 0.05) is 84.2 Å². The van der Waals surface area contributed by atoms with Crippen molar-refractivity contribution in [1.29, 1.82) is 0 Å². The van der Waals surface area contributed by atoms with Gasteiger partial charge < -0.3 is 49.6 Å². The third-order valence-corrected chi connectivity index (χ3v) is 15.6.